The van der Waals surface area contributed by atoms with E-state index in [4.69, 9.17) is 4.74 Å². The largest absolute Gasteiger partial charge is 0.493 e. The highest BCUT2D eigenvalue weighted by molar-refractivity contribution is 7.90. The molecule has 0 heterocycles. The number of rotatable bonds is 6. The van der Waals surface area contributed by atoms with Crippen molar-refractivity contribution in [2.45, 2.75) is 11.8 Å². The molecule has 0 fully saturated rings. The van der Waals surface area contributed by atoms with Gasteiger partial charge in [0.2, 0.25) is 0 Å². The minimum atomic E-state index is -3.13. The van der Waals surface area contributed by atoms with Gasteiger partial charge in [-0.2, -0.15) is 0 Å². The Morgan fingerprint density at radius 2 is 1.88 bits per heavy atom. The maximum atomic E-state index is 11.2. The van der Waals surface area contributed by atoms with Gasteiger partial charge >= 0.3 is 0 Å². The van der Waals surface area contributed by atoms with Crippen LogP contribution in [0.25, 0.3) is 0 Å². The second-order valence-electron chi connectivity index (χ2n) is 4.22. The van der Waals surface area contributed by atoms with Gasteiger partial charge in [-0.1, -0.05) is 6.92 Å². The third kappa shape index (κ3) is 4.75. The van der Waals surface area contributed by atoms with E-state index in [0.717, 1.165) is 6.54 Å². The first-order chi connectivity index (χ1) is 7.93. The lowest BCUT2D eigenvalue weighted by atomic mass is 10.2. The van der Waals surface area contributed by atoms with E-state index in [1.54, 1.807) is 24.3 Å². The smallest absolute Gasteiger partial charge is 0.175 e. The molecule has 1 aromatic carbocycles. The highest BCUT2D eigenvalue weighted by Gasteiger charge is 2.07. The number of ether oxygens (including phenoxy) is 1. The summed E-state index contributed by atoms with van der Waals surface area (Å²) in [4.78, 5) is 0.313. The molecule has 96 valence electrons. The monoisotopic (exact) mass is 257 g/mol. The topological polar surface area (TPSA) is 55.4 Å². The van der Waals surface area contributed by atoms with Crippen LogP contribution in [0.3, 0.4) is 0 Å². The Kier molecular flexibility index (Phi) is 4.96. The lowest BCUT2D eigenvalue weighted by Gasteiger charge is -2.12. The van der Waals surface area contributed by atoms with Crippen LogP contribution in [0.4, 0.5) is 0 Å². The van der Waals surface area contributed by atoms with Gasteiger partial charge in [0.15, 0.2) is 9.84 Å². The number of hydrogen-bond acceptors (Lipinski definition) is 4. The summed E-state index contributed by atoms with van der Waals surface area (Å²) in [6.07, 6.45) is 1.19. The number of nitrogens with one attached hydrogen (secondary N) is 1. The molecule has 4 nitrogen and oxygen atoms in total. The average molecular weight is 257 g/mol. The molecule has 0 aliphatic carbocycles. The Bertz CT molecular complexity index is 439. The Hall–Kier alpha value is -1.07. The Morgan fingerprint density at radius 3 is 2.35 bits per heavy atom. The fourth-order valence-electron chi connectivity index (χ4n) is 1.43. The molecule has 0 amide bonds. The summed E-state index contributed by atoms with van der Waals surface area (Å²) in [5.41, 5.74) is 0. The summed E-state index contributed by atoms with van der Waals surface area (Å²) < 4.78 is 28.0. The SMILES string of the molecule is CNCC(C)COc1ccc(S(C)(=O)=O)cc1. The molecule has 0 radical (unpaired) electrons. The third-order valence-electron chi connectivity index (χ3n) is 2.34. The molecule has 0 aromatic heterocycles. The summed E-state index contributed by atoms with van der Waals surface area (Å²) >= 11 is 0. The minimum absolute atomic E-state index is 0.313. The van der Waals surface area contributed by atoms with E-state index in [-0.39, 0.29) is 0 Å². The van der Waals surface area contributed by atoms with E-state index < -0.39 is 9.84 Å². The van der Waals surface area contributed by atoms with Crippen molar-refractivity contribution in [1.82, 2.24) is 5.32 Å². The molecule has 0 aliphatic heterocycles. The predicted octanol–water partition coefficient (Wildman–Crippen LogP) is 1.32. The molecule has 1 unspecified atom stereocenters. The molecule has 0 saturated carbocycles. The summed E-state index contributed by atoms with van der Waals surface area (Å²) in [7, 11) is -1.22. The van der Waals surface area contributed by atoms with Crippen molar-refractivity contribution in [1.29, 1.82) is 0 Å². The van der Waals surface area contributed by atoms with Crippen molar-refractivity contribution in [2.24, 2.45) is 5.92 Å². The van der Waals surface area contributed by atoms with Crippen LogP contribution in [-0.4, -0.2) is 34.9 Å². The second-order valence-corrected chi connectivity index (χ2v) is 6.23. The molecule has 17 heavy (non-hydrogen) atoms. The van der Waals surface area contributed by atoms with E-state index >= 15 is 0 Å². The van der Waals surface area contributed by atoms with Gasteiger partial charge in [-0.3, -0.25) is 0 Å². The standard InChI is InChI=1S/C12H19NO3S/c1-10(8-13-2)9-16-11-4-6-12(7-5-11)17(3,14)15/h4-7,10,13H,8-9H2,1-3H3. The number of benzene rings is 1. The average Bonchev–Trinajstić information content (AvgIpc) is 2.26. The Balaban J connectivity index is 2.57. The lowest BCUT2D eigenvalue weighted by Crippen LogP contribution is -2.21. The van der Waals surface area contributed by atoms with Crippen molar-refractivity contribution in [3.63, 3.8) is 0 Å². The predicted molar refractivity (Wildman–Crippen MR) is 68.1 cm³/mol. The quantitative estimate of drug-likeness (QED) is 0.835. The molecule has 1 atom stereocenters. The molecule has 1 rings (SSSR count). The van der Waals surface area contributed by atoms with Crippen LogP contribution in [-0.2, 0) is 9.84 Å². The van der Waals surface area contributed by atoms with Crippen LogP contribution in [0.5, 0.6) is 5.75 Å². The van der Waals surface area contributed by atoms with Crippen LogP contribution >= 0.6 is 0 Å². The van der Waals surface area contributed by atoms with E-state index in [2.05, 4.69) is 12.2 Å². The van der Waals surface area contributed by atoms with E-state index in [1.807, 2.05) is 7.05 Å². The molecular weight excluding hydrogens is 238 g/mol. The van der Waals surface area contributed by atoms with Gasteiger partial charge < -0.3 is 10.1 Å². The third-order valence-corrected chi connectivity index (χ3v) is 3.47. The maximum Gasteiger partial charge on any atom is 0.175 e. The van der Waals surface area contributed by atoms with E-state index in [1.165, 1.54) is 6.26 Å². The van der Waals surface area contributed by atoms with Gasteiger partial charge in [0.1, 0.15) is 5.75 Å². The fraction of sp³-hybridized carbons (Fsp3) is 0.500. The summed E-state index contributed by atoms with van der Waals surface area (Å²) in [6.45, 7) is 3.59. The van der Waals surface area contributed by atoms with Crippen LogP contribution < -0.4 is 10.1 Å². The van der Waals surface area contributed by atoms with Gasteiger partial charge in [-0.25, -0.2) is 8.42 Å². The highest BCUT2D eigenvalue weighted by atomic mass is 32.2. The van der Waals surface area contributed by atoms with Crippen LogP contribution in [0.1, 0.15) is 6.92 Å². The van der Waals surface area contributed by atoms with Gasteiger partial charge in [0.25, 0.3) is 0 Å². The van der Waals surface area contributed by atoms with Crippen LogP contribution in [0.2, 0.25) is 0 Å². The first-order valence-corrected chi connectivity index (χ1v) is 7.40. The molecule has 0 spiro atoms. The Labute approximate surface area is 103 Å². The number of sulfone groups is 1. The van der Waals surface area contributed by atoms with Crippen molar-refractivity contribution in [2.75, 3.05) is 26.5 Å². The molecule has 1 aromatic rings. The summed E-state index contributed by atoms with van der Waals surface area (Å²) in [5.74, 6) is 1.11. The van der Waals surface area contributed by atoms with E-state index in [9.17, 15) is 8.42 Å². The van der Waals surface area contributed by atoms with Gasteiger partial charge in [0.05, 0.1) is 11.5 Å². The second kappa shape index (κ2) is 6.02. The van der Waals surface area contributed by atoms with Crippen molar-refractivity contribution in [3.05, 3.63) is 24.3 Å². The summed E-state index contributed by atoms with van der Waals surface area (Å²) in [5, 5.41) is 3.07. The zero-order valence-corrected chi connectivity index (χ0v) is 11.3. The lowest BCUT2D eigenvalue weighted by molar-refractivity contribution is 0.258. The maximum absolute atomic E-state index is 11.2. The molecule has 5 heteroatoms. The zero-order chi connectivity index (χ0) is 12.9. The van der Waals surface area contributed by atoms with Gasteiger partial charge in [-0.15, -0.1) is 0 Å². The fourth-order valence-corrected chi connectivity index (χ4v) is 2.06. The molecular formula is C12H19NO3S. The molecule has 0 saturated heterocycles. The van der Waals surface area contributed by atoms with Gasteiger partial charge in [-0.05, 0) is 31.3 Å². The highest BCUT2D eigenvalue weighted by Crippen LogP contribution is 2.16. The molecule has 0 aliphatic rings. The van der Waals surface area contributed by atoms with Crippen molar-refractivity contribution in [3.8, 4) is 5.75 Å². The normalized spacial score (nSPS) is 13.4. The van der Waals surface area contributed by atoms with Crippen molar-refractivity contribution < 1.29 is 13.2 Å². The minimum Gasteiger partial charge on any atom is -0.493 e. The number of hydrogen-bond donors (Lipinski definition) is 1. The Morgan fingerprint density at radius 1 is 1.29 bits per heavy atom. The molecule has 1 N–H and O–H groups in total. The van der Waals surface area contributed by atoms with Crippen molar-refractivity contribution >= 4 is 9.84 Å². The van der Waals surface area contributed by atoms with Gasteiger partial charge in [0, 0.05) is 18.7 Å². The summed E-state index contributed by atoms with van der Waals surface area (Å²) in [6, 6.07) is 6.49. The van der Waals surface area contributed by atoms with Crippen LogP contribution in [0.15, 0.2) is 29.2 Å². The van der Waals surface area contributed by atoms with Crippen LogP contribution in [0, 0.1) is 5.92 Å². The van der Waals surface area contributed by atoms with E-state index in [0.29, 0.717) is 23.2 Å². The first-order valence-electron chi connectivity index (χ1n) is 5.51. The molecule has 0 bridgehead atoms. The zero-order valence-electron chi connectivity index (χ0n) is 10.4. The first kappa shape index (κ1) is 14.0.